The van der Waals surface area contributed by atoms with Gasteiger partial charge in [0, 0.05) is 19.2 Å². The fourth-order valence-electron chi connectivity index (χ4n) is 2.03. The molecule has 0 amide bonds. The third kappa shape index (κ3) is 3.20. The van der Waals surface area contributed by atoms with Crippen LogP contribution >= 0.6 is 15.9 Å². The van der Waals surface area contributed by atoms with Crippen LogP contribution in [0.15, 0.2) is 16.7 Å². The number of anilines is 1. The predicted molar refractivity (Wildman–Crippen MR) is 69.7 cm³/mol. The zero-order valence-corrected chi connectivity index (χ0v) is 11.9. The molecule has 0 radical (unpaired) electrons. The lowest BCUT2D eigenvalue weighted by Gasteiger charge is -2.33. The third-order valence-electron chi connectivity index (χ3n) is 2.96. The maximum absolute atomic E-state index is 13.4. The lowest BCUT2D eigenvalue weighted by Crippen LogP contribution is -2.43. The van der Waals surface area contributed by atoms with Crippen LogP contribution < -0.4 is 4.90 Å². The molecule has 1 fully saturated rings. The van der Waals surface area contributed by atoms with Crippen molar-refractivity contribution >= 4 is 27.7 Å². The number of piperidine rings is 1. The molecule has 19 heavy (non-hydrogen) atoms. The van der Waals surface area contributed by atoms with Gasteiger partial charge in [-0.25, -0.2) is 18.6 Å². The number of hydrogen-bond acceptors (Lipinski definition) is 4. The summed E-state index contributed by atoms with van der Waals surface area (Å²) in [5.41, 5.74) is 0.279. The van der Waals surface area contributed by atoms with Crippen LogP contribution in [0.25, 0.3) is 0 Å². The molecule has 0 bridgehead atoms. The Hall–Kier alpha value is -1.24. The van der Waals surface area contributed by atoms with Crippen molar-refractivity contribution in [1.82, 2.24) is 4.98 Å². The van der Waals surface area contributed by atoms with Gasteiger partial charge in [0.1, 0.15) is 5.82 Å². The van der Waals surface area contributed by atoms with Gasteiger partial charge in [0.05, 0.1) is 23.7 Å². The van der Waals surface area contributed by atoms with E-state index in [-0.39, 0.29) is 18.5 Å². The monoisotopic (exact) mass is 334 g/mol. The molecule has 2 heterocycles. The van der Waals surface area contributed by atoms with Crippen LogP contribution in [-0.2, 0) is 4.74 Å². The summed E-state index contributed by atoms with van der Waals surface area (Å²) in [5, 5.41) is 0. The second-order valence-electron chi connectivity index (χ2n) is 4.39. The van der Waals surface area contributed by atoms with E-state index < -0.39 is 11.9 Å². The first-order valence-corrected chi connectivity index (χ1v) is 6.59. The number of alkyl halides is 2. The second-order valence-corrected chi connectivity index (χ2v) is 5.25. The number of rotatable bonds is 2. The molecule has 1 saturated heterocycles. The highest BCUT2D eigenvalue weighted by Crippen LogP contribution is 2.30. The fourth-order valence-corrected chi connectivity index (χ4v) is 2.41. The average molecular weight is 335 g/mol. The van der Waals surface area contributed by atoms with E-state index in [1.165, 1.54) is 24.3 Å². The van der Waals surface area contributed by atoms with Crippen LogP contribution in [0.2, 0.25) is 0 Å². The van der Waals surface area contributed by atoms with Gasteiger partial charge in [0.15, 0.2) is 0 Å². The quantitative estimate of drug-likeness (QED) is 0.780. The maximum Gasteiger partial charge on any atom is 0.339 e. The molecule has 0 saturated carbocycles. The summed E-state index contributed by atoms with van der Waals surface area (Å²) in [6, 6.07) is 1.47. The first-order chi connectivity index (χ1) is 8.93. The van der Waals surface area contributed by atoms with Crippen molar-refractivity contribution in [2.45, 2.75) is 18.8 Å². The Balaban J connectivity index is 2.28. The molecule has 0 N–H and O–H groups in total. The molecule has 2 rings (SSSR count). The number of nitrogens with zero attached hydrogens (tertiary/aromatic N) is 2. The first-order valence-electron chi connectivity index (χ1n) is 5.79. The Kier molecular flexibility index (Phi) is 4.03. The fraction of sp³-hybridized carbons (Fsp3) is 0.500. The smallest absolute Gasteiger partial charge is 0.339 e. The minimum atomic E-state index is -2.71. The number of aromatic nitrogens is 1. The molecule has 0 aromatic carbocycles. The molecule has 0 aliphatic carbocycles. The van der Waals surface area contributed by atoms with Gasteiger partial charge in [0.25, 0.3) is 5.92 Å². The first kappa shape index (κ1) is 14.2. The van der Waals surface area contributed by atoms with Gasteiger partial charge in [-0.1, -0.05) is 0 Å². The van der Waals surface area contributed by atoms with E-state index >= 15 is 0 Å². The highest BCUT2D eigenvalue weighted by atomic mass is 79.9. The van der Waals surface area contributed by atoms with E-state index in [1.807, 2.05) is 0 Å². The number of hydrogen-bond donors (Lipinski definition) is 0. The van der Waals surface area contributed by atoms with Crippen molar-refractivity contribution in [3.8, 4) is 0 Å². The lowest BCUT2D eigenvalue weighted by atomic mass is 10.1. The number of carbonyl (C=O) groups excluding carboxylic acids is 1. The van der Waals surface area contributed by atoms with Crippen molar-refractivity contribution in [3.05, 3.63) is 22.3 Å². The Labute approximate surface area is 117 Å². The van der Waals surface area contributed by atoms with Crippen LogP contribution in [0.4, 0.5) is 14.6 Å². The van der Waals surface area contributed by atoms with Crippen LogP contribution in [-0.4, -0.2) is 37.1 Å². The molecule has 0 unspecified atom stereocenters. The van der Waals surface area contributed by atoms with E-state index in [1.54, 1.807) is 0 Å². The summed E-state index contributed by atoms with van der Waals surface area (Å²) in [6.45, 7) is 0.132. The van der Waals surface area contributed by atoms with Gasteiger partial charge < -0.3 is 9.64 Å². The average Bonchev–Trinajstić information content (AvgIpc) is 2.37. The number of carbonyl (C=O) groups is 1. The Morgan fingerprint density at radius 3 is 2.95 bits per heavy atom. The second kappa shape index (κ2) is 5.40. The molecular weight excluding hydrogens is 322 g/mol. The molecule has 0 atom stereocenters. The van der Waals surface area contributed by atoms with Crippen molar-refractivity contribution in [2.24, 2.45) is 0 Å². The summed E-state index contributed by atoms with van der Waals surface area (Å²) < 4.78 is 31.9. The summed E-state index contributed by atoms with van der Waals surface area (Å²) in [6.07, 6.45) is 1.72. The molecule has 1 aliphatic heterocycles. The Bertz CT molecular complexity index is 497. The summed E-state index contributed by atoms with van der Waals surface area (Å²) in [4.78, 5) is 17.1. The third-order valence-corrected chi connectivity index (χ3v) is 3.59. The topological polar surface area (TPSA) is 42.4 Å². The van der Waals surface area contributed by atoms with Crippen molar-refractivity contribution in [2.75, 3.05) is 25.1 Å². The standard InChI is InChI=1S/C12H13BrF2N2O2/c1-19-11(18)8-5-10(16-6-9(8)13)17-4-2-3-12(14,15)7-17/h5-6H,2-4,7H2,1H3. The molecule has 104 valence electrons. The predicted octanol–water partition coefficient (Wildman–Crippen LogP) is 2.87. The SMILES string of the molecule is COC(=O)c1cc(N2CCCC(F)(F)C2)ncc1Br. The minimum Gasteiger partial charge on any atom is -0.465 e. The van der Waals surface area contributed by atoms with Crippen LogP contribution in [0.5, 0.6) is 0 Å². The van der Waals surface area contributed by atoms with E-state index in [4.69, 9.17) is 0 Å². The van der Waals surface area contributed by atoms with Gasteiger partial charge >= 0.3 is 5.97 Å². The summed E-state index contributed by atoms with van der Waals surface area (Å²) in [5.74, 6) is -2.87. The van der Waals surface area contributed by atoms with Gasteiger partial charge in [-0.2, -0.15) is 0 Å². The maximum atomic E-state index is 13.4. The van der Waals surface area contributed by atoms with E-state index in [0.717, 1.165) is 0 Å². The molecule has 7 heteroatoms. The number of esters is 1. The molecule has 1 aromatic heterocycles. The summed E-state index contributed by atoms with van der Waals surface area (Å²) in [7, 11) is 1.27. The lowest BCUT2D eigenvalue weighted by molar-refractivity contribution is -0.0118. The zero-order chi connectivity index (χ0) is 14.0. The zero-order valence-electron chi connectivity index (χ0n) is 10.3. The number of methoxy groups -OCH3 is 1. The highest BCUT2D eigenvalue weighted by molar-refractivity contribution is 9.10. The normalized spacial score (nSPS) is 18.2. The van der Waals surface area contributed by atoms with Gasteiger partial charge in [-0.3, -0.25) is 0 Å². The summed E-state index contributed by atoms with van der Waals surface area (Å²) >= 11 is 3.19. The van der Waals surface area contributed by atoms with Crippen LogP contribution in [0, 0.1) is 0 Å². The molecule has 0 spiro atoms. The number of ether oxygens (including phenoxy) is 1. The Morgan fingerprint density at radius 2 is 2.32 bits per heavy atom. The minimum absolute atomic E-state index is 0.107. The largest absolute Gasteiger partial charge is 0.465 e. The molecule has 1 aromatic rings. The molecular formula is C12H13BrF2N2O2. The highest BCUT2D eigenvalue weighted by Gasteiger charge is 2.35. The van der Waals surface area contributed by atoms with Crippen LogP contribution in [0.1, 0.15) is 23.2 Å². The molecule has 1 aliphatic rings. The van der Waals surface area contributed by atoms with Gasteiger partial charge in [-0.05, 0) is 28.4 Å². The van der Waals surface area contributed by atoms with Gasteiger partial charge in [0.2, 0.25) is 0 Å². The number of halogens is 3. The molecule has 4 nitrogen and oxygen atoms in total. The van der Waals surface area contributed by atoms with E-state index in [2.05, 4.69) is 25.7 Å². The van der Waals surface area contributed by atoms with E-state index in [9.17, 15) is 13.6 Å². The number of pyridine rings is 1. The Morgan fingerprint density at radius 1 is 1.58 bits per heavy atom. The van der Waals surface area contributed by atoms with E-state index in [0.29, 0.717) is 23.3 Å². The van der Waals surface area contributed by atoms with Crippen molar-refractivity contribution in [1.29, 1.82) is 0 Å². The van der Waals surface area contributed by atoms with Gasteiger partial charge in [-0.15, -0.1) is 0 Å². The van der Waals surface area contributed by atoms with Crippen molar-refractivity contribution in [3.63, 3.8) is 0 Å². The van der Waals surface area contributed by atoms with Crippen LogP contribution in [0.3, 0.4) is 0 Å². The van der Waals surface area contributed by atoms with Crippen molar-refractivity contribution < 1.29 is 18.3 Å².